The van der Waals surface area contributed by atoms with E-state index in [9.17, 15) is 10.1 Å². The first kappa shape index (κ1) is 15.1. The highest BCUT2D eigenvalue weighted by Crippen LogP contribution is 2.37. The number of benzene rings is 1. The number of aromatic nitrogens is 2. The molecule has 0 bridgehead atoms. The molecule has 6 nitrogen and oxygen atoms in total. The van der Waals surface area contributed by atoms with Crippen LogP contribution in [-0.2, 0) is 0 Å². The minimum absolute atomic E-state index is 0.0261. The van der Waals surface area contributed by atoms with E-state index in [2.05, 4.69) is 25.9 Å². The number of nitrogens with zero attached hydrogens (tertiary/aromatic N) is 4. The Morgan fingerprint density at radius 1 is 0.870 bits per heavy atom. The van der Waals surface area contributed by atoms with Crippen molar-refractivity contribution in [2.75, 3.05) is 4.90 Å². The molecule has 0 saturated carbocycles. The van der Waals surface area contributed by atoms with E-state index < -0.39 is 4.92 Å². The van der Waals surface area contributed by atoms with E-state index in [1.807, 2.05) is 29.2 Å². The largest absolute Gasteiger partial charge is 0.310 e. The third-order valence-electron chi connectivity index (χ3n) is 3.23. The molecule has 0 radical (unpaired) electrons. The van der Waals surface area contributed by atoms with Gasteiger partial charge in [-0.15, -0.1) is 0 Å². The summed E-state index contributed by atoms with van der Waals surface area (Å²) in [7, 11) is 0. The van der Waals surface area contributed by atoms with E-state index in [0.29, 0.717) is 4.47 Å². The molecular weight excluding hydrogens is 360 g/mol. The van der Waals surface area contributed by atoms with Crippen LogP contribution in [-0.4, -0.2) is 14.9 Å². The van der Waals surface area contributed by atoms with Crippen molar-refractivity contribution in [3.8, 4) is 0 Å². The zero-order chi connectivity index (χ0) is 16.2. The number of hydrogen-bond donors (Lipinski definition) is 0. The Morgan fingerprint density at radius 3 is 1.83 bits per heavy atom. The highest BCUT2D eigenvalue weighted by Gasteiger charge is 2.17. The van der Waals surface area contributed by atoms with E-state index in [1.165, 1.54) is 6.07 Å². The first-order valence-electron chi connectivity index (χ1n) is 6.71. The van der Waals surface area contributed by atoms with Gasteiger partial charge in [0.2, 0.25) is 0 Å². The molecular formula is C16H11BrN4O2. The lowest BCUT2D eigenvalue weighted by molar-refractivity contribution is -0.385. The monoisotopic (exact) mass is 370 g/mol. The molecule has 0 fully saturated rings. The fraction of sp³-hybridized carbons (Fsp3) is 0. The summed E-state index contributed by atoms with van der Waals surface area (Å²) in [5.74, 6) is 0. The quantitative estimate of drug-likeness (QED) is 0.494. The molecule has 0 N–H and O–H groups in total. The molecule has 0 saturated heterocycles. The molecule has 0 aliphatic rings. The van der Waals surface area contributed by atoms with Gasteiger partial charge in [0.1, 0.15) is 0 Å². The molecule has 0 atom stereocenters. The molecule has 2 aromatic heterocycles. The van der Waals surface area contributed by atoms with Crippen LogP contribution in [0.2, 0.25) is 0 Å². The second kappa shape index (κ2) is 6.53. The second-order valence-electron chi connectivity index (χ2n) is 4.64. The maximum absolute atomic E-state index is 11.0. The van der Waals surface area contributed by atoms with Crippen molar-refractivity contribution < 1.29 is 4.92 Å². The lowest BCUT2D eigenvalue weighted by Gasteiger charge is -2.25. The van der Waals surface area contributed by atoms with Crippen LogP contribution in [0, 0.1) is 10.1 Å². The molecule has 1 aromatic carbocycles. The van der Waals surface area contributed by atoms with Gasteiger partial charge in [0.05, 0.1) is 9.40 Å². The third kappa shape index (κ3) is 3.19. The Labute approximate surface area is 140 Å². The van der Waals surface area contributed by atoms with Crippen LogP contribution >= 0.6 is 15.9 Å². The van der Waals surface area contributed by atoms with Crippen LogP contribution in [0.4, 0.5) is 22.7 Å². The van der Waals surface area contributed by atoms with Crippen molar-refractivity contribution in [3.05, 3.63) is 81.8 Å². The zero-order valence-electron chi connectivity index (χ0n) is 11.8. The van der Waals surface area contributed by atoms with Crippen molar-refractivity contribution in [1.29, 1.82) is 0 Å². The predicted octanol–water partition coefficient (Wildman–Crippen LogP) is 4.62. The highest BCUT2D eigenvalue weighted by atomic mass is 79.9. The molecule has 2 heterocycles. The Bertz CT molecular complexity index is 788. The van der Waals surface area contributed by atoms with Gasteiger partial charge >= 0.3 is 0 Å². The van der Waals surface area contributed by atoms with Gasteiger partial charge in [-0.25, -0.2) is 0 Å². The molecule has 3 rings (SSSR count). The van der Waals surface area contributed by atoms with Crippen LogP contribution in [0.3, 0.4) is 0 Å². The maximum atomic E-state index is 11.0. The predicted molar refractivity (Wildman–Crippen MR) is 91.1 cm³/mol. The van der Waals surface area contributed by atoms with Gasteiger partial charge in [0.25, 0.3) is 5.69 Å². The average molecular weight is 371 g/mol. The zero-order valence-corrected chi connectivity index (χ0v) is 13.4. The van der Waals surface area contributed by atoms with Crippen molar-refractivity contribution in [3.63, 3.8) is 0 Å². The van der Waals surface area contributed by atoms with Gasteiger partial charge in [-0.05, 0) is 52.3 Å². The number of pyridine rings is 2. The van der Waals surface area contributed by atoms with E-state index >= 15 is 0 Å². The van der Waals surface area contributed by atoms with E-state index in [1.54, 1.807) is 36.9 Å². The van der Waals surface area contributed by atoms with Crippen LogP contribution in [0.1, 0.15) is 0 Å². The molecule has 23 heavy (non-hydrogen) atoms. The minimum Gasteiger partial charge on any atom is -0.310 e. The topological polar surface area (TPSA) is 72.2 Å². The van der Waals surface area contributed by atoms with Crippen LogP contribution in [0.15, 0.2) is 71.7 Å². The highest BCUT2D eigenvalue weighted by molar-refractivity contribution is 9.10. The molecule has 0 aliphatic carbocycles. The van der Waals surface area contributed by atoms with Gasteiger partial charge in [0, 0.05) is 47.9 Å². The fourth-order valence-electron chi connectivity index (χ4n) is 2.22. The summed E-state index contributed by atoms with van der Waals surface area (Å²) in [5.41, 5.74) is 2.61. The molecule has 0 amide bonds. The van der Waals surface area contributed by atoms with Crippen LogP contribution in [0.5, 0.6) is 0 Å². The maximum Gasteiger partial charge on any atom is 0.283 e. The number of hydrogen-bond acceptors (Lipinski definition) is 5. The Morgan fingerprint density at radius 2 is 1.39 bits per heavy atom. The molecule has 3 aromatic rings. The summed E-state index contributed by atoms with van der Waals surface area (Å²) in [5, 5.41) is 11.0. The number of nitro benzene ring substituents is 1. The molecule has 0 spiro atoms. The standard InChI is InChI=1S/C16H11BrN4O2/c17-15-11-14(1-2-16(15)21(22)23)20(12-3-7-18-8-4-12)13-5-9-19-10-6-13/h1-11H. The van der Waals surface area contributed by atoms with Gasteiger partial charge in [-0.3, -0.25) is 20.1 Å². The van der Waals surface area contributed by atoms with E-state index in [-0.39, 0.29) is 5.69 Å². The first-order chi connectivity index (χ1) is 11.2. The van der Waals surface area contributed by atoms with Crippen molar-refractivity contribution in [1.82, 2.24) is 9.97 Å². The summed E-state index contributed by atoms with van der Waals surface area (Å²) < 4.78 is 0.424. The lowest BCUT2D eigenvalue weighted by atomic mass is 10.2. The number of anilines is 3. The third-order valence-corrected chi connectivity index (χ3v) is 3.86. The molecule has 7 heteroatoms. The molecule has 0 aliphatic heterocycles. The van der Waals surface area contributed by atoms with Crippen LogP contribution < -0.4 is 4.90 Å². The minimum atomic E-state index is -0.420. The lowest BCUT2D eigenvalue weighted by Crippen LogP contribution is -2.10. The summed E-state index contributed by atoms with van der Waals surface area (Å²) in [4.78, 5) is 20.6. The normalized spacial score (nSPS) is 10.3. The number of rotatable bonds is 4. The van der Waals surface area contributed by atoms with Gasteiger partial charge in [-0.2, -0.15) is 0 Å². The van der Waals surface area contributed by atoms with Gasteiger partial charge in [0.15, 0.2) is 0 Å². The second-order valence-corrected chi connectivity index (χ2v) is 5.49. The smallest absolute Gasteiger partial charge is 0.283 e. The Hall–Kier alpha value is -2.80. The Balaban J connectivity index is 2.13. The molecule has 114 valence electrons. The van der Waals surface area contributed by atoms with Gasteiger partial charge < -0.3 is 4.90 Å². The average Bonchev–Trinajstić information content (AvgIpc) is 2.57. The Kier molecular flexibility index (Phi) is 4.29. The summed E-state index contributed by atoms with van der Waals surface area (Å²) in [6.45, 7) is 0. The first-order valence-corrected chi connectivity index (χ1v) is 7.50. The van der Waals surface area contributed by atoms with Crippen molar-refractivity contribution in [2.45, 2.75) is 0 Å². The number of nitro groups is 1. The van der Waals surface area contributed by atoms with Crippen molar-refractivity contribution >= 4 is 38.7 Å². The summed E-state index contributed by atoms with van der Waals surface area (Å²) >= 11 is 3.27. The summed E-state index contributed by atoms with van der Waals surface area (Å²) in [6.07, 6.45) is 6.79. The van der Waals surface area contributed by atoms with Crippen molar-refractivity contribution in [2.24, 2.45) is 0 Å². The summed E-state index contributed by atoms with van der Waals surface area (Å²) in [6, 6.07) is 12.4. The van der Waals surface area contributed by atoms with E-state index in [4.69, 9.17) is 0 Å². The van der Waals surface area contributed by atoms with Gasteiger partial charge in [-0.1, -0.05) is 0 Å². The van der Waals surface area contributed by atoms with E-state index in [0.717, 1.165) is 17.1 Å². The number of halogens is 1. The van der Waals surface area contributed by atoms with Crippen LogP contribution in [0.25, 0.3) is 0 Å². The SMILES string of the molecule is O=[N+]([O-])c1ccc(N(c2ccncc2)c2ccncc2)cc1Br. The molecule has 0 unspecified atom stereocenters. The fourth-order valence-corrected chi connectivity index (χ4v) is 2.73.